The third-order valence-electron chi connectivity index (χ3n) is 7.84. The molecule has 2 amide bonds. The minimum absolute atomic E-state index is 0.0244. The van der Waals surface area contributed by atoms with Crippen LogP contribution in [0.2, 0.25) is 0 Å². The van der Waals surface area contributed by atoms with Crippen molar-refractivity contribution in [3.8, 4) is 0 Å². The van der Waals surface area contributed by atoms with Crippen molar-refractivity contribution in [1.29, 1.82) is 0 Å². The highest BCUT2D eigenvalue weighted by Crippen LogP contribution is 2.49. The van der Waals surface area contributed by atoms with Crippen LogP contribution in [0.5, 0.6) is 0 Å². The largest absolute Gasteiger partial charge is 0.417 e. The average Bonchev–Trinajstić information content (AvgIpc) is 3.34. The highest BCUT2D eigenvalue weighted by molar-refractivity contribution is 6.07. The highest BCUT2D eigenvalue weighted by atomic mass is 19.4. The van der Waals surface area contributed by atoms with E-state index in [1.807, 2.05) is 0 Å². The number of hydrogen-bond donors (Lipinski definition) is 2. The molecule has 3 aliphatic heterocycles. The molecule has 1 aromatic heterocycles. The molecule has 2 saturated heterocycles. The molecule has 8 nitrogen and oxygen atoms in total. The van der Waals surface area contributed by atoms with Crippen LogP contribution in [0, 0.1) is 11.3 Å². The fraction of sp³-hybridized carbons (Fsp3) is 0.696. The Morgan fingerprint density at radius 3 is 3.00 bits per heavy atom. The Bertz CT molecular complexity index is 974. The predicted molar refractivity (Wildman–Crippen MR) is 113 cm³/mol. The van der Waals surface area contributed by atoms with Gasteiger partial charge in [0.25, 0.3) is 0 Å². The van der Waals surface area contributed by atoms with Gasteiger partial charge in [0, 0.05) is 69.7 Å². The maximum atomic E-state index is 13.8. The second-order valence-corrected chi connectivity index (χ2v) is 9.73. The van der Waals surface area contributed by atoms with E-state index < -0.39 is 17.2 Å². The molecule has 1 aromatic rings. The van der Waals surface area contributed by atoms with Gasteiger partial charge in [0.2, 0.25) is 11.8 Å². The number of hydrogen-bond acceptors (Lipinski definition) is 6. The van der Waals surface area contributed by atoms with Crippen molar-refractivity contribution in [3.63, 3.8) is 0 Å². The normalized spacial score (nSPS) is 33.4. The lowest BCUT2D eigenvalue weighted by atomic mass is 9.78. The minimum Gasteiger partial charge on any atom is -0.379 e. The second-order valence-electron chi connectivity index (χ2n) is 9.73. The summed E-state index contributed by atoms with van der Waals surface area (Å²) in [6, 6.07) is 1.11. The molecule has 1 aliphatic carbocycles. The molecule has 1 saturated carbocycles. The number of nitrogens with one attached hydrogen (secondary N) is 2. The number of methoxy groups -OCH3 is 1. The first kappa shape index (κ1) is 23.5. The maximum Gasteiger partial charge on any atom is 0.417 e. The molecule has 34 heavy (non-hydrogen) atoms. The Labute approximate surface area is 195 Å². The molecule has 3 fully saturated rings. The SMILES string of the molecule is CO[C@@H]1COCC[C@@H]1N[C@@H]1C[C@H]2CNC(=O)[C@@]2(C(=O)N2CCc3ncc(C(F)(F)F)cc3C2)C1. The first-order valence-corrected chi connectivity index (χ1v) is 11.7. The van der Waals surface area contributed by atoms with Crippen LogP contribution < -0.4 is 10.6 Å². The van der Waals surface area contributed by atoms with Crippen LogP contribution in [-0.2, 0) is 38.2 Å². The highest BCUT2D eigenvalue weighted by Gasteiger charge is 2.62. The van der Waals surface area contributed by atoms with Crippen LogP contribution in [0.1, 0.15) is 36.1 Å². The van der Waals surface area contributed by atoms with Gasteiger partial charge in [-0.3, -0.25) is 14.6 Å². The molecule has 11 heteroatoms. The summed E-state index contributed by atoms with van der Waals surface area (Å²) >= 11 is 0. The number of pyridine rings is 1. The zero-order valence-corrected chi connectivity index (χ0v) is 19.0. The van der Waals surface area contributed by atoms with Crippen molar-refractivity contribution in [2.45, 2.75) is 56.6 Å². The van der Waals surface area contributed by atoms with Gasteiger partial charge in [0.1, 0.15) is 5.41 Å². The lowest BCUT2D eigenvalue weighted by Crippen LogP contribution is -2.53. The Morgan fingerprint density at radius 2 is 2.24 bits per heavy atom. The quantitative estimate of drug-likeness (QED) is 0.629. The van der Waals surface area contributed by atoms with E-state index in [2.05, 4.69) is 15.6 Å². The zero-order chi connectivity index (χ0) is 24.1. The standard InChI is InChI=1S/C23H29F3N4O4/c1-33-19-12-34-5-3-18(19)29-16-7-14-9-28-20(31)22(14,8-16)21(32)30-4-2-17-13(11-30)6-15(10-27-17)23(24,25)26/h6,10,14,16,18-19,29H,2-5,7-9,11-12H2,1H3,(H,28,31)/t14-,16+,18-,19+,22+/m0/s1. The van der Waals surface area contributed by atoms with Gasteiger partial charge in [-0.2, -0.15) is 13.2 Å². The third kappa shape index (κ3) is 3.97. The molecule has 0 bridgehead atoms. The Kier molecular flexibility index (Phi) is 6.06. The van der Waals surface area contributed by atoms with E-state index in [9.17, 15) is 22.8 Å². The van der Waals surface area contributed by atoms with Gasteiger partial charge < -0.3 is 25.0 Å². The summed E-state index contributed by atoms with van der Waals surface area (Å²) in [7, 11) is 1.64. The lowest BCUT2D eigenvalue weighted by molar-refractivity contribution is -0.150. The number of halogens is 3. The van der Waals surface area contributed by atoms with Gasteiger partial charge in [0.05, 0.1) is 18.3 Å². The monoisotopic (exact) mass is 482 g/mol. The summed E-state index contributed by atoms with van der Waals surface area (Å²) in [6.45, 7) is 1.90. The summed E-state index contributed by atoms with van der Waals surface area (Å²) in [5.41, 5.74) is -1.07. The number of amides is 2. The molecule has 0 aromatic carbocycles. The molecule has 4 heterocycles. The maximum absolute atomic E-state index is 13.8. The van der Waals surface area contributed by atoms with E-state index in [0.717, 1.165) is 18.7 Å². The molecule has 4 aliphatic rings. The summed E-state index contributed by atoms with van der Waals surface area (Å²) < 4.78 is 50.6. The molecular formula is C23H29F3N4O4. The van der Waals surface area contributed by atoms with Crippen LogP contribution in [0.3, 0.4) is 0 Å². The molecule has 2 N–H and O–H groups in total. The van der Waals surface area contributed by atoms with Gasteiger partial charge in [0.15, 0.2) is 0 Å². The number of carbonyl (C=O) groups excluding carboxylic acids is 2. The van der Waals surface area contributed by atoms with Gasteiger partial charge in [-0.15, -0.1) is 0 Å². The van der Waals surface area contributed by atoms with Crippen LogP contribution in [-0.4, -0.2) is 73.3 Å². The fourth-order valence-corrected chi connectivity index (χ4v) is 6.05. The number of nitrogens with zero attached hydrogens (tertiary/aromatic N) is 2. The zero-order valence-electron chi connectivity index (χ0n) is 19.0. The lowest BCUT2D eigenvalue weighted by Gasteiger charge is -2.36. The molecular weight excluding hydrogens is 453 g/mol. The fourth-order valence-electron chi connectivity index (χ4n) is 6.05. The van der Waals surface area contributed by atoms with Crippen molar-refractivity contribution < 1.29 is 32.2 Å². The molecule has 5 rings (SSSR count). The van der Waals surface area contributed by atoms with Gasteiger partial charge >= 0.3 is 6.18 Å². The predicted octanol–water partition coefficient (Wildman–Crippen LogP) is 1.27. The summed E-state index contributed by atoms with van der Waals surface area (Å²) in [5.74, 6) is -0.739. The van der Waals surface area contributed by atoms with Crippen LogP contribution in [0.4, 0.5) is 13.2 Å². The Hall–Kier alpha value is -2.24. The van der Waals surface area contributed by atoms with Crippen molar-refractivity contribution in [1.82, 2.24) is 20.5 Å². The molecule has 186 valence electrons. The van der Waals surface area contributed by atoms with Crippen LogP contribution in [0.25, 0.3) is 0 Å². The second kappa shape index (κ2) is 8.76. The van der Waals surface area contributed by atoms with E-state index in [1.165, 1.54) is 4.90 Å². The van der Waals surface area contributed by atoms with Gasteiger partial charge in [-0.05, 0) is 30.9 Å². The first-order valence-electron chi connectivity index (χ1n) is 11.7. The molecule has 5 atom stereocenters. The number of fused-ring (bicyclic) bond motifs is 2. The summed E-state index contributed by atoms with van der Waals surface area (Å²) in [4.78, 5) is 32.4. The van der Waals surface area contributed by atoms with Crippen molar-refractivity contribution in [3.05, 3.63) is 29.1 Å². The number of ether oxygens (including phenoxy) is 2. The smallest absolute Gasteiger partial charge is 0.379 e. The first-order chi connectivity index (χ1) is 16.2. The van der Waals surface area contributed by atoms with Crippen molar-refractivity contribution in [2.24, 2.45) is 11.3 Å². The van der Waals surface area contributed by atoms with E-state index in [4.69, 9.17) is 9.47 Å². The van der Waals surface area contributed by atoms with Gasteiger partial charge in [-0.1, -0.05) is 0 Å². The number of aromatic nitrogens is 1. The van der Waals surface area contributed by atoms with Gasteiger partial charge in [-0.25, -0.2) is 0 Å². The van der Waals surface area contributed by atoms with Crippen LogP contribution in [0.15, 0.2) is 12.3 Å². The number of alkyl halides is 3. The van der Waals surface area contributed by atoms with E-state index >= 15 is 0 Å². The Balaban J connectivity index is 1.34. The van der Waals surface area contributed by atoms with E-state index in [0.29, 0.717) is 56.8 Å². The summed E-state index contributed by atoms with van der Waals surface area (Å²) in [5, 5.41) is 6.45. The Morgan fingerprint density at radius 1 is 1.41 bits per heavy atom. The number of carbonyl (C=O) groups is 2. The minimum atomic E-state index is -4.50. The summed E-state index contributed by atoms with van der Waals surface area (Å²) in [6.07, 6.45) is -1.58. The van der Waals surface area contributed by atoms with Crippen molar-refractivity contribution in [2.75, 3.05) is 33.4 Å². The molecule has 0 unspecified atom stereocenters. The third-order valence-corrected chi connectivity index (χ3v) is 7.84. The molecule has 0 radical (unpaired) electrons. The van der Waals surface area contributed by atoms with Crippen LogP contribution >= 0.6 is 0 Å². The average molecular weight is 483 g/mol. The van der Waals surface area contributed by atoms with E-state index in [-0.39, 0.29) is 42.5 Å². The number of rotatable bonds is 4. The molecule has 0 spiro atoms. The van der Waals surface area contributed by atoms with E-state index in [1.54, 1.807) is 7.11 Å². The topological polar surface area (TPSA) is 92.8 Å². The van der Waals surface area contributed by atoms with Crippen molar-refractivity contribution >= 4 is 11.8 Å².